The van der Waals surface area contributed by atoms with Gasteiger partial charge in [0, 0.05) is 34.7 Å². The molecule has 0 saturated heterocycles. The van der Waals surface area contributed by atoms with Gasteiger partial charge in [-0.2, -0.15) is 0 Å². The van der Waals surface area contributed by atoms with Crippen LogP contribution >= 0.6 is 23.6 Å². The lowest BCUT2D eigenvalue weighted by atomic mass is 10.2. The summed E-state index contributed by atoms with van der Waals surface area (Å²) in [6.07, 6.45) is 2.26. The van der Waals surface area contributed by atoms with Crippen LogP contribution in [0.2, 0.25) is 0 Å². The minimum absolute atomic E-state index is 0.0145. The van der Waals surface area contributed by atoms with Gasteiger partial charge in [-0.25, -0.2) is 0 Å². The third kappa shape index (κ3) is 2.81. The Balaban J connectivity index is 1.64. The van der Waals surface area contributed by atoms with Gasteiger partial charge in [-0.15, -0.1) is 11.3 Å². The fraction of sp³-hybridized carbons (Fsp3) is 0.143. The van der Waals surface area contributed by atoms with E-state index in [1.54, 1.807) is 0 Å². The van der Waals surface area contributed by atoms with E-state index in [0.717, 1.165) is 22.2 Å². The van der Waals surface area contributed by atoms with Crippen LogP contribution in [0.3, 0.4) is 0 Å². The maximum atomic E-state index is 11.9. The lowest BCUT2D eigenvalue weighted by Crippen LogP contribution is -2.24. The molecule has 0 spiro atoms. The Morgan fingerprint density at radius 1 is 1.35 bits per heavy atom. The molecule has 0 aliphatic carbocycles. The second-order valence-corrected chi connectivity index (χ2v) is 6.03. The number of carbonyl (C=O) groups is 1. The van der Waals surface area contributed by atoms with Gasteiger partial charge in [0.15, 0.2) is 3.95 Å². The molecule has 3 N–H and O–H groups in total. The molecule has 4 nitrogen and oxygen atoms in total. The van der Waals surface area contributed by atoms with E-state index < -0.39 is 0 Å². The van der Waals surface area contributed by atoms with E-state index in [9.17, 15) is 4.79 Å². The van der Waals surface area contributed by atoms with E-state index in [1.165, 1.54) is 11.3 Å². The van der Waals surface area contributed by atoms with Gasteiger partial charge in [0.25, 0.3) is 0 Å². The molecule has 0 bridgehead atoms. The van der Waals surface area contributed by atoms with Crippen molar-refractivity contribution in [2.45, 2.75) is 13.0 Å². The Morgan fingerprint density at radius 2 is 2.20 bits per heavy atom. The summed E-state index contributed by atoms with van der Waals surface area (Å²) in [5.74, 6) is -0.0145. The molecule has 0 unspecified atom stereocenters. The maximum absolute atomic E-state index is 11.9. The summed E-state index contributed by atoms with van der Waals surface area (Å²) in [5, 5.41) is 5.95. The number of benzene rings is 1. The number of nitrogens with one attached hydrogen (secondary N) is 3. The maximum Gasteiger partial charge on any atom is 0.226 e. The third-order valence-corrected chi connectivity index (χ3v) is 4.18. The van der Waals surface area contributed by atoms with Crippen molar-refractivity contribution < 1.29 is 4.79 Å². The van der Waals surface area contributed by atoms with Gasteiger partial charge in [-0.3, -0.25) is 4.79 Å². The molecule has 1 amide bonds. The second-order valence-electron chi connectivity index (χ2n) is 4.49. The zero-order valence-electron chi connectivity index (χ0n) is 10.6. The summed E-state index contributed by atoms with van der Waals surface area (Å²) in [7, 11) is 0. The van der Waals surface area contributed by atoms with Gasteiger partial charge < -0.3 is 15.3 Å². The monoisotopic (exact) mass is 303 g/mol. The van der Waals surface area contributed by atoms with E-state index in [1.807, 2.05) is 35.8 Å². The standard InChI is InChI=1S/C14H13N3OS2/c18-13(5-10-8-20-14(19)17-10)16-7-9-6-15-12-4-2-1-3-11(9)12/h1-4,6,8,15H,5,7H2,(H,16,18)(H,17,19). The summed E-state index contributed by atoms with van der Waals surface area (Å²) < 4.78 is 0.699. The molecule has 0 aliphatic heterocycles. The highest BCUT2D eigenvalue weighted by Crippen LogP contribution is 2.17. The van der Waals surface area contributed by atoms with Gasteiger partial charge >= 0.3 is 0 Å². The summed E-state index contributed by atoms with van der Waals surface area (Å²) in [6, 6.07) is 8.04. The van der Waals surface area contributed by atoms with Crippen LogP contribution in [0, 0.1) is 3.95 Å². The number of thiazole rings is 1. The highest BCUT2D eigenvalue weighted by Gasteiger charge is 2.07. The number of para-hydroxylation sites is 1. The Labute approximate surface area is 124 Å². The molecular formula is C14H13N3OS2. The molecule has 3 rings (SSSR count). The molecular weight excluding hydrogens is 290 g/mol. The van der Waals surface area contributed by atoms with Crippen molar-refractivity contribution in [1.82, 2.24) is 15.3 Å². The normalized spacial score (nSPS) is 10.8. The van der Waals surface area contributed by atoms with Crippen LogP contribution in [0.25, 0.3) is 10.9 Å². The van der Waals surface area contributed by atoms with Gasteiger partial charge in [0.05, 0.1) is 6.42 Å². The van der Waals surface area contributed by atoms with Gasteiger partial charge in [-0.1, -0.05) is 18.2 Å². The molecule has 0 atom stereocenters. The number of hydrogen-bond acceptors (Lipinski definition) is 3. The first-order chi connectivity index (χ1) is 9.72. The zero-order valence-corrected chi connectivity index (χ0v) is 12.2. The molecule has 2 heterocycles. The minimum atomic E-state index is -0.0145. The van der Waals surface area contributed by atoms with Crippen molar-refractivity contribution >= 4 is 40.4 Å². The molecule has 0 radical (unpaired) electrons. The van der Waals surface area contributed by atoms with E-state index in [2.05, 4.69) is 15.3 Å². The molecule has 0 saturated carbocycles. The van der Waals surface area contributed by atoms with Crippen LogP contribution in [-0.4, -0.2) is 15.9 Å². The van der Waals surface area contributed by atoms with Crippen molar-refractivity contribution in [3.63, 3.8) is 0 Å². The molecule has 0 aliphatic rings. The van der Waals surface area contributed by atoms with Crippen molar-refractivity contribution in [2.75, 3.05) is 0 Å². The van der Waals surface area contributed by atoms with Crippen molar-refractivity contribution in [1.29, 1.82) is 0 Å². The van der Waals surface area contributed by atoms with Crippen LogP contribution in [-0.2, 0) is 17.8 Å². The Morgan fingerprint density at radius 3 is 3.00 bits per heavy atom. The predicted octanol–water partition coefficient (Wildman–Crippen LogP) is 3.15. The van der Waals surface area contributed by atoms with Gasteiger partial charge in [0.2, 0.25) is 5.91 Å². The number of hydrogen-bond donors (Lipinski definition) is 3. The van der Waals surface area contributed by atoms with E-state index in [4.69, 9.17) is 12.2 Å². The Hall–Kier alpha value is -1.92. The lowest BCUT2D eigenvalue weighted by molar-refractivity contribution is -0.120. The number of amides is 1. The van der Waals surface area contributed by atoms with Crippen LogP contribution in [0.1, 0.15) is 11.3 Å². The number of fused-ring (bicyclic) bond motifs is 1. The number of H-pyrrole nitrogens is 2. The highest BCUT2D eigenvalue weighted by atomic mass is 32.1. The molecule has 0 fully saturated rings. The largest absolute Gasteiger partial charge is 0.361 e. The van der Waals surface area contributed by atoms with Crippen LogP contribution < -0.4 is 5.32 Å². The lowest BCUT2D eigenvalue weighted by Gasteiger charge is -2.03. The second kappa shape index (κ2) is 5.60. The summed E-state index contributed by atoms with van der Waals surface area (Å²) in [4.78, 5) is 18.1. The van der Waals surface area contributed by atoms with Gasteiger partial charge in [-0.05, 0) is 23.8 Å². The van der Waals surface area contributed by atoms with Crippen LogP contribution in [0.4, 0.5) is 0 Å². The van der Waals surface area contributed by atoms with E-state index >= 15 is 0 Å². The first kappa shape index (κ1) is 13.1. The quantitative estimate of drug-likeness (QED) is 0.648. The smallest absolute Gasteiger partial charge is 0.226 e. The summed E-state index contributed by atoms with van der Waals surface area (Å²) in [5.41, 5.74) is 3.03. The average molecular weight is 303 g/mol. The number of carbonyl (C=O) groups excluding carboxylic acids is 1. The highest BCUT2D eigenvalue weighted by molar-refractivity contribution is 7.73. The molecule has 6 heteroatoms. The molecule has 20 heavy (non-hydrogen) atoms. The average Bonchev–Trinajstić information content (AvgIpc) is 3.03. The first-order valence-electron chi connectivity index (χ1n) is 6.21. The topological polar surface area (TPSA) is 60.7 Å². The van der Waals surface area contributed by atoms with Crippen molar-refractivity contribution in [2.24, 2.45) is 0 Å². The SMILES string of the molecule is O=C(Cc1csc(=S)[nH]1)NCc1c[nH]c2ccccc12. The van der Waals surface area contributed by atoms with Crippen molar-refractivity contribution in [3.05, 3.63) is 51.1 Å². The minimum Gasteiger partial charge on any atom is -0.361 e. The molecule has 102 valence electrons. The fourth-order valence-electron chi connectivity index (χ4n) is 2.11. The van der Waals surface area contributed by atoms with E-state index in [0.29, 0.717) is 16.9 Å². The fourth-order valence-corrected chi connectivity index (χ4v) is 2.96. The molecule has 2 aromatic heterocycles. The first-order valence-corrected chi connectivity index (χ1v) is 7.49. The third-order valence-electron chi connectivity index (χ3n) is 3.07. The number of aromatic amines is 2. The Bertz CT molecular complexity index is 800. The van der Waals surface area contributed by atoms with E-state index in [-0.39, 0.29) is 5.91 Å². The zero-order chi connectivity index (χ0) is 13.9. The van der Waals surface area contributed by atoms with Gasteiger partial charge in [0.1, 0.15) is 0 Å². The Kier molecular flexibility index (Phi) is 3.66. The van der Waals surface area contributed by atoms with Crippen LogP contribution in [0.15, 0.2) is 35.8 Å². The number of aromatic nitrogens is 2. The predicted molar refractivity (Wildman–Crippen MR) is 83.4 cm³/mol. The summed E-state index contributed by atoms with van der Waals surface area (Å²) >= 11 is 6.43. The molecule has 1 aromatic carbocycles. The number of rotatable bonds is 4. The molecule has 3 aromatic rings. The summed E-state index contributed by atoms with van der Waals surface area (Å²) in [6.45, 7) is 0.522. The van der Waals surface area contributed by atoms with Crippen molar-refractivity contribution in [3.8, 4) is 0 Å². The van der Waals surface area contributed by atoms with Crippen LogP contribution in [0.5, 0.6) is 0 Å².